The molecule has 2 saturated heterocycles. The lowest BCUT2D eigenvalue weighted by Crippen LogP contribution is -2.55. The highest BCUT2D eigenvalue weighted by Crippen LogP contribution is 2.41. The molecule has 0 spiro atoms. The van der Waals surface area contributed by atoms with E-state index in [1.54, 1.807) is 78.1 Å². The molecule has 6 heterocycles. The normalized spacial score (nSPS) is 17.9. The largest absolute Gasteiger partial charge is 0.491 e. The second-order valence-electron chi connectivity index (χ2n) is 20.1. The van der Waals surface area contributed by atoms with Crippen LogP contribution in [0.25, 0.3) is 16.9 Å². The Morgan fingerprint density at radius 3 is 2.42 bits per heavy atom. The number of carbonyl (C=O) groups excluding carboxylic acids is 5. The molecule has 6 aromatic rings. The molecule has 2 aliphatic carbocycles. The van der Waals surface area contributed by atoms with E-state index < -0.39 is 17.9 Å². The van der Waals surface area contributed by atoms with Gasteiger partial charge in [-0.15, -0.1) is 11.3 Å². The zero-order valence-electron chi connectivity index (χ0n) is 43.4. The van der Waals surface area contributed by atoms with Crippen LogP contribution >= 0.6 is 11.3 Å². The van der Waals surface area contributed by atoms with E-state index in [9.17, 15) is 24.0 Å². The molecule has 4 N–H and O–H groups in total. The van der Waals surface area contributed by atoms with E-state index >= 15 is 4.39 Å². The van der Waals surface area contributed by atoms with Crippen molar-refractivity contribution in [1.29, 1.82) is 0 Å². The van der Waals surface area contributed by atoms with Gasteiger partial charge in [-0.05, 0) is 88.7 Å². The van der Waals surface area contributed by atoms with Crippen molar-refractivity contribution in [2.24, 2.45) is 5.92 Å². The zero-order chi connectivity index (χ0) is 53.4. The number of H-pyrrole nitrogens is 1. The first kappa shape index (κ1) is 53.3. The average molecular weight is 1070 g/mol. The van der Waals surface area contributed by atoms with Crippen LogP contribution in [0.5, 0.6) is 5.75 Å². The number of nitrogens with one attached hydrogen (secondary N) is 4. The molecule has 2 aromatic carbocycles. The molecule has 4 amide bonds. The summed E-state index contributed by atoms with van der Waals surface area (Å²) in [5, 5.41) is 18.5. The number of fused-ring (bicyclic) bond motifs is 1. The van der Waals surface area contributed by atoms with Gasteiger partial charge in [0.15, 0.2) is 11.5 Å². The smallest absolute Gasteiger partial charge is 0.254 e. The van der Waals surface area contributed by atoms with Crippen molar-refractivity contribution in [3.8, 4) is 17.0 Å². The van der Waals surface area contributed by atoms with Crippen LogP contribution in [0.4, 0.5) is 15.9 Å². The Morgan fingerprint density at radius 1 is 0.857 bits per heavy atom. The van der Waals surface area contributed by atoms with Crippen molar-refractivity contribution in [2.75, 3.05) is 78.1 Å². The minimum atomic E-state index is -0.606. The summed E-state index contributed by atoms with van der Waals surface area (Å²) in [6, 6.07) is 9.92. The maximum Gasteiger partial charge on any atom is 0.254 e. The molecule has 3 atom stereocenters. The minimum absolute atomic E-state index is 0.0776. The molecular weight excluding hydrogens is 1010 g/mol. The summed E-state index contributed by atoms with van der Waals surface area (Å²) >= 11 is 1.37. The van der Waals surface area contributed by atoms with Crippen molar-refractivity contribution in [1.82, 2.24) is 54.9 Å². The number of rotatable bonds is 22. The fraction of sp³-hybridized carbons (Fsp3) is 0.473. The molecule has 77 heavy (non-hydrogen) atoms. The molecule has 20 nitrogen and oxygen atoms in total. The first-order valence-corrected chi connectivity index (χ1v) is 27.6. The number of amides is 4. The van der Waals surface area contributed by atoms with Gasteiger partial charge in [0, 0.05) is 73.1 Å². The molecule has 406 valence electrons. The number of piperazine rings is 1. The Bertz CT molecular complexity index is 3060. The van der Waals surface area contributed by atoms with Gasteiger partial charge in [-0.3, -0.25) is 33.5 Å². The Labute approximate surface area is 449 Å². The van der Waals surface area contributed by atoms with Crippen LogP contribution in [0.15, 0.2) is 72.6 Å². The molecule has 4 fully saturated rings. The first-order chi connectivity index (χ1) is 37.5. The van der Waals surface area contributed by atoms with Gasteiger partial charge >= 0.3 is 0 Å². The molecule has 0 bridgehead atoms. The number of anilines is 2. The third-order valence-corrected chi connectivity index (χ3v) is 15.9. The Morgan fingerprint density at radius 2 is 1.65 bits per heavy atom. The van der Waals surface area contributed by atoms with Gasteiger partial charge in [-0.25, -0.2) is 19.3 Å². The average Bonchev–Trinajstić information content (AvgIpc) is 3.92. The molecule has 0 radical (unpaired) electrons. The van der Waals surface area contributed by atoms with E-state index in [1.165, 1.54) is 23.5 Å². The number of aromatic amines is 1. The number of likely N-dealkylation sites (N-methyl/N-ethyl adjacent to an activating group) is 1. The number of imidazole rings is 1. The Balaban J connectivity index is 0.628. The summed E-state index contributed by atoms with van der Waals surface area (Å²) in [7, 11) is 1.73. The molecule has 10 rings (SSSR count). The van der Waals surface area contributed by atoms with Crippen molar-refractivity contribution in [3.05, 3.63) is 106 Å². The topological polar surface area (TPSA) is 231 Å². The highest BCUT2D eigenvalue weighted by Gasteiger charge is 2.40. The zero-order valence-corrected chi connectivity index (χ0v) is 44.2. The monoisotopic (exact) mass is 1070 g/mol. The molecule has 22 heteroatoms. The number of thiazole rings is 1. The quantitative estimate of drug-likeness (QED) is 0.0432. The van der Waals surface area contributed by atoms with E-state index in [0.717, 1.165) is 74.7 Å². The second-order valence-corrected chi connectivity index (χ2v) is 21.0. The minimum Gasteiger partial charge on any atom is -0.491 e. The van der Waals surface area contributed by atoms with Crippen LogP contribution in [-0.2, 0) is 23.9 Å². The molecule has 2 saturated carbocycles. The van der Waals surface area contributed by atoms with Gasteiger partial charge in [0.1, 0.15) is 41.5 Å². The predicted molar refractivity (Wildman–Crippen MR) is 285 cm³/mol. The summed E-state index contributed by atoms with van der Waals surface area (Å²) in [6.45, 7) is 4.29. The Hall–Kier alpha value is -7.14. The molecule has 0 unspecified atom stereocenters. The highest BCUT2D eigenvalue weighted by molar-refractivity contribution is 7.10. The van der Waals surface area contributed by atoms with Crippen LogP contribution in [0.1, 0.15) is 114 Å². The highest BCUT2D eigenvalue weighted by atomic mass is 32.1. The van der Waals surface area contributed by atoms with Crippen LogP contribution in [0.3, 0.4) is 0 Å². The summed E-state index contributed by atoms with van der Waals surface area (Å²) in [4.78, 5) is 86.6. The van der Waals surface area contributed by atoms with Gasteiger partial charge in [0.05, 0.1) is 61.4 Å². The van der Waals surface area contributed by atoms with Gasteiger partial charge in [0.2, 0.25) is 23.5 Å². The SMILES string of the molecule is CN[C@@H](C)C(=O)N[C@H](C(=O)N1CCC[C@H]1c1nc(C(=O)c2cccc(OCCOCCOCC(=O)N3CCN(C(=O)c4ccc(Nc5nc(C6CC6)cn6c(-c7cn[nH]c7)cnc56)c(F)c4)CC3)c2)cs1)C1CCCCC1. The van der Waals surface area contributed by atoms with Crippen molar-refractivity contribution in [2.45, 2.75) is 88.8 Å². The predicted octanol–water partition coefficient (Wildman–Crippen LogP) is 6.30. The second kappa shape index (κ2) is 24.5. The number of carbonyl (C=O) groups is 5. The number of aromatic nitrogens is 6. The summed E-state index contributed by atoms with van der Waals surface area (Å²) in [5.41, 5.74) is 4.19. The fourth-order valence-corrected chi connectivity index (χ4v) is 11.3. The van der Waals surface area contributed by atoms with Crippen LogP contribution in [0.2, 0.25) is 0 Å². The number of hydrogen-bond donors (Lipinski definition) is 4. The lowest BCUT2D eigenvalue weighted by atomic mass is 9.83. The van der Waals surface area contributed by atoms with Crippen molar-refractivity contribution in [3.63, 3.8) is 0 Å². The number of hydrogen-bond acceptors (Lipinski definition) is 15. The van der Waals surface area contributed by atoms with Gasteiger partial charge in [-0.1, -0.05) is 31.4 Å². The van der Waals surface area contributed by atoms with E-state index in [-0.39, 0.29) is 98.7 Å². The third kappa shape index (κ3) is 12.5. The van der Waals surface area contributed by atoms with Crippen molar-refractivity contribution >= 4 is 57.9 Å². The van der Waals surface area contributed by atoms with Crippen LogP contribution in [0, 0.1) is 11.7 Å². The maximum atomic E-state index is 15.7. The van der Waals surface area contributed by atoms with Crippen LogP contribution < -0.4 is 20.7 Å². The number of halogens is 1. The lowest BCUT2D eigenvalue weighted by molar-refractivity contribution is -0.139. The van der Waals surface area contributed by atoms with E-state index in [2.05, 4.69) is 31.1 Å². The van der Waals surface area contributed by atoms with E-state index in [4.69, 9.17) is 24.2 Å². The molecule has 2 aliphatic heterocycles. The van der Waals surface area contributed by atoms with Gasteiger partial charge in [0.25, 0.3) is 5.91 Å². The van der Waals surface area contributed by atoms with E-state index in [0.29, 0.717) is 59.0 Å². The lowest BCUT2D eigenvalue weighted by Gasteiger charge is -2.35. The number of ether oxygens (including phenoxy) is 3. The number of ketones is 1. The summed E-state index contributed by atoms with van der Waals surface area (Å²) < 4.78 is 34.8. The number of nitrogens with zero attached hydrogens (tertiary/aromatic N) is 8. The first-order valence-electron chi connectivity index (χ1n) is 26.7. The molecular formula is C55H65FN12O8S. The molecule has 4 aromatic heterocycles. The molecule has 4 aliphatic rings. The standard InChI is InChI=1S/C55H65FN12O8S/c1-34(57-2)52(71)64-48(36-8-4-3-5-9-36)55(73)67-17-7-12-45(67)53-63-44(33-77-53)49(70)37-10-6-11-40(26-37)76-25-24-74-22-23-75-32-47(69)65-18-20-66(21-19-65)54(72)38-15-16-42(41(56)27-38)61-50-51-58-30-46(39-28-59-60-29-39)68(51)31-43(62-50)35-13-14-35/h6,10-11,15-16,26-31,33-36,45,48,57H,3-5,7-9,12-14,17-25,32H2,1-2H3,(H,59,60)(H,61,62)(H,64,71)/t34-,45-,48-/m0/s1. The van der Waals surface area contributed by atoms with Gasteiger partial charge < -0.3 is 44.9 Å². The Kier molecular flexibility index (Phi) is 16.9. The number of likely N-dealkylation sites (tertiary alicyclic amines) is 1. The van der Waals surface area contributed by atoms with Gasteiger partial charge in [-0.2, -0.15) is 5.10 Å². The summed E-state index contributed by atoms with van der Waals surface area (Å²) in [6.07, 6.45) is 15.8. The third-order valence-electron chi connectivity index (χ3n) is 15.0. The van der Waals surface area contributed by atoms with Crippen molar-refractivity contribution < 1.29 is 42.6 Å². The maximum absolute atomic E-state index is 15.7. The summed E-state index contributed by atoms with van der Waals surface area (Å²) in [5.74, 6) is -0.346. The van der Waals surface area contributed by atoms with Crippen LogP contribution in [-0.4, -0.2) is 159 Å². The number of benzene rings is 2. The van der Waals surface area contributed by atoms with E-state index in [1.807, 2.05) is 15.5 Å². The fourth-order valence-electron chi connectivity index (χ4n) is 10.3.